The minimum Gasteiger partial charge on any atom is -0.481 e. The number of hydrogen-bond acceptors (Lipinski definition) is 5. The molecule has 0 aliphatic carbocycles. The lowest BCUT2D eigenvalue weighted by Crippen LogP contribution is -2.41. The maximum atomic E-state index is 12.9. The van der Waals surface area contributed by atoms with Gasteiger partial charge in [0.2, 0.25) is 5.91 Å². The van der Waals surface area contributed by atoms with Crippen molar-refractivity contribution < 1.29 is 14.7 Å². The van der Waals surface area contributed by atoms with Crippen LogP contribution in [0.15, 0.2) is 44.4 Å². The van der Waals surface area contributed by atoms with Crippen LogP contribution >= 0.6 is 28.3 Å². The van der Waals surface area contributed by atoms with Gasteiger partial charge in [-0.1, -0.05) is 28.1 Å². The van der Waals surface area contributed by atoms with Gasteiger partial charge < -0.3 is 21.1 Å². The maximum Gasteiger partial charge on any atom is 0.317 e. The number of carbonyl (C=O) groups is 2. The first-order chi connectivity index (χ1) is 15.3. The highest BCUT2D eigenvalue weighted by Gasteiger charge is 2.27. The van der Waals surface area contributed by atoms with Crippen LogP contribution in [-0.2, 0) is 29.0 Å². The largest absolute Gasteiger partial charge is 0.481 e. The van der Waals surface area contributed by atoms with Gasteiger partial charge in [-0.2, -0.15) is 0 Å². The van der Waals surface area contributed by atoms with Crippen LogP contribution in [0.25, 0.3) is 11.0 Å². The number of carboxylic acids is 1. The molecular formula is C22H22BrClN4O5. The smallest absolute Gasteiger partial charge is 0.317 e. The number of anilines is 1. The number of aromatic amines is 1. The van der Waals surface area contributed by atoms with Crippen LogP contribution in [0.4, 0.5) is 5.69 Å². The van der Waals surface area contributed by atoms with Crippen LogP contribution in [0, 0.1) is 0 Å². The van der Waals surface area contributed by atoms with Gasteiger partial charge in [-0.05, 0) is 47.7 Å². The monoisotopic (exact) mass is 536 g/mol. The van der Waals surface area contributed by atoms with E-state index in [4.69, 9.17) is 5.73 Å². The molecule has 33 heavy (non-hydrogen) atoms. The summed E-state index contributed by atoms with van der Waals surface area (Å²) < 4.78 is 2.21. The van der Waals surface area contributed by atoms with E-state index < -0.39 is 23.1 Å². The number of carboxylic acid groups (broad SMARTS) is 1. The molecule has 1 aliphatic rings. The van der Waals surface area contributed by atoms with E-state index >= 15 is 0 Å². The number of aromatic nitrogens is 2. The second kappa shape index (κ2) is 9.90. The van der Waals surface area contributed by atoms with Crippen molar-refractivity contribution >= 4 is 56.9 Å². The number of carbonyl (C=O) groups excluding carboxylic acids is 1. The number of nitrogens with zero attached hydrogens (tertiary/aromatic N) is 1. The standard InChI is InChI=1S/C22H21BrN4O5.ClH/c23-14-6-12-2-3-15(27-20(12)17(8-14)26-21(31)22(27)32)9-18(28)25-16-4-1-11(10-24)5-13(16)7-19(29)30;/h1,4-6,8,15H,2-3,7,9-10,24H2,(H,25,28)(H,26,31)(H,29,30);1H/t15-;/m0./s1. The molecule has 0 unspecified atom stereocenters. The number of hydrogen-bond donors (Lipinski definition) is 4. The Balaban J connectivity index is 0.00000306. The molecule has 174 valence electrons. The Kier molecular flexibility index (Phi) is 7.41. The summed E-state index contributed by atoms with van der Waals surface area (Å²) in [5.74, 6) is -1.40. The summed E-state index contributed by atoms with van der Waals surface area (Å²) in [5, 5.41) is 11.9. The SMILES string of the molecule is Cl.NCc1ccc(NC(=O)C[C@@H]2CCc3cc(Br)cc4[nH]c(=O)c(=O)n2c34)c(CC(=O)O)c1. The fourth-order valence-electron chi connectivity index (χ4n) is 4.23. The van der Waals surface area contributed by atoms with Crippen molar-refractivity contribution in [3.8, 4) is 0 Å². The van der Waals surface area contributed by atoms with Gasteiger partial charge in [0, 0.05) is 29.2 Å². The van der Waals surface area contributed by atoms with Crippen LogP contribution in [-0.4, -0.2) is 26.5 Å². The molecule has 2 heterocycles. The molecule has 1 amide bonds. The molecular weight excluding hydrogens is 516 g/mol. The second-order valence-corrected chi connectivity index (χ2v) is 8.72. The summed E-state index contributed by atoms with van der Waals surface area (Å²) in [6.07, 6.45) is 0.876. The third-order valence-electron chi connectivity index (χ3n) is 5.61. The zero-order chi connectivity index (χ0) is 23.0. The lowest BCUT2D eigenvalue weighted by atomic mass is 9.96. The molecule has 1 atom stereocenters. The predicted octanol–water partition coefficient (Wildman–Crippen LogP) is 2.48. The average Bonchev–Trinajstić information content (AvgIpc) is 2.73. The fourth-order valence-corrected chi connectivity index (χ4v) is 4.73. The number of benzene rings is 2. The number of nitrogens with two attached hydrogens (primary N) is 1. The predicted molar refractivity (Wildman–Crippen MR) is 130 cm³/mol. The lowest BCUT2D eigenvalue weighted by molar-refractivity contribution is -0.136. The number of H-pyrrole nitrogens is 1. The van der Waals surface area contributed by atoms with Gasteiger partial charge in [-0.25, -0.2) is 0 Å². The lowest BCUT2D eigenvalue weighted by Gasteiger charge is -2.27. The molecule has 3 aromatic rings. The highest BCUT2D eigenvalue weighted by molar-refractivity contribution is 9.10. The van der Waals surface area contributed by atoms with E-state index in [0.29, 0.717) is 35.1 Å². The normalized spacial score (nSPS) is 14.5. The van der Waals surface area contributed by atoms with E-state index in [2.05, 4.69) is 26.2 Å². The first-order valence-electron chi connectivity index (χ1n) is 10.1. The molecule has 0 spiro atoms. The van der Waals surface area contributed by atoms with E-state index in [0.717, 1.165) is 15.6 Å². The maximum absolute atomic E-state index is 12.9. The number of aryl methyl sites for hydroxylation is 1. The Labute approximate surface area is 202 Å². The number of nitrogens with one attached hydrogen (secondary N) is 2. The third kappa shape index (κ3) is 5.02. The van der Waals surface area contributed by atoms with Gasteiger partial charge in [0.25, 0.3) is 0 Å². The minimum absolute atomic E-state index is 0. The summed E-state index contributed by atoms with van der Waals surface area (Å²) in [6.45, 7) is 0.250. The molecule has 1 aliphatic heterocycles. The van der Waals surface area contributed by atoms with Gasteiger partial charge >= 0.3 is 17.1 Å². The van der Waals surface area contributed by atoms with Crippen LogP contribution < -0.4 is 22.2 Å². The van der Waals surface area contributed by atoms with Gasteiger partial charge in [0.15, 0.2) is 0 Å². The number of halogens is 2. The number of rotatable bonds is 6. The Hall–Kier alpha value is -2.95. The Morgan fingerprint density at radius 1 is 1.24 bits per heavy atom. The Bertz CT molecular complexity index is 1370. The molecule has 0 saturated carbocycles. The van der Waals surface area contributed by atoms with Crippen LogP contribution in [0.3, 0.4) is 0 Å². The summed E-state index contributed by atoms with van der Waals surface area (Å²) in [6, 6.07) is 8.15. The topological polar surface area (TPSA) is 147 Å². The number of amides is 1. The van der Waals surface area contributed by atoms with Crippen LogP contribution in [0.5, 0.6) is 0 Å². The van der Waals surface area contributed by atoms with Gasteiger partial charge in [0.1, 0.15) is 0 Å². The van der Waals surface area contributed by atoms with E-state index in [9.17, 15) is 24.3 Å². The summed E-state index contributed by atoms with van der Waals surface area (Å²) in [4.78, 5) is 51.6. The van der Waals surface area contributed by atoms with Gasteiger partial charge in [-0.15, -0.1) is 12.4 Å². The highest BCUT2D eigenvalue weighted by Crippen LogP contribution is 2.32. The Morgan fingerprint density at radius 2 is 2.00 bits per heavy atom. The molecule has 0 radical (unpaired) electrons. The molecule has 11 heteroatoms. The van der Waals surface area contributed by atoms with E-state index in [1.165, 1.54) is 4.57 Å². The number of aliphatic carboxylic acids is 1. The van der Waals surface area contributed by atoms with Crippen molar-refractivity contribution in [1.82, 2.24) is 9.55 Å². The molecule has 0 saturated heterocycles. The van der Waals surface area contributed by atoms with Crippen molar-refractivity contribution in [2.24, 2.45) is 5.73 Å². The second-order valence-electron chi connectivity index (χ2n) is 7.80. The molecule has 1 aromatic heterocycles. The first kappa shape index (κ1) is 24.7. The molecule has 2 aromatic carbocycles. The quantitative estimate of drug-likeness (QED) is 0.355. The molecule has 4 rings (SSSR count). The third-order valence-corrected chi connectivity index (χ3v) is 6.07. The summed E-state index contributed by atoms with van der Waals surface area (Å²) in [5.41, 5.74) is 7.87. The Morgan fingerprint density at radius 3 is 2.70 bits per heavy atom. The van der Waals surface area contributed by atoms with Gasteiger partial charge in [-0.3, -0.25) is 23.7 Å². The van der Waals surface area contributed by atoms with Crippen molar-refractivity contribution in [3.05, 3.63) is 72.2 Å². The molecule has 0 bridgehead atoms. The molecule has 5 N–H and O–H groups in total. The van der Waals surface area contributed by atoms with Crippen LogP contribution in [0.1, 0.15) is 35.6 Å². The molecule has 0 fully saturated rings. The zero-order valence-corrected chi connectivity index (χ0v) is 19.8. The van der Waals surface area contributed by atoms with Crippen LogP contribution in [0.2, 0.25) is 0 Å². The van der Waals surface area contributed by atoms with E-state index in [-0.39, 0.29) is 37.7 Å². The summed E-state index contributed by atoms with van der Waals surface area (Å²) in [7, 11) is 0. The average molecular weight is 538 g/mol. The van der Waals surface area contributed by atoms with Crippen molar-refractivity contribution in [2.45, 2.75) is 38.3 Å². The van der Waals surface area contributed by atoms with E-state index in [1.807, 2.05) is 6.07 Å². The van der Waals surface area contributed by atoms with Crippen molar-refractivity contribution in [3.63, 3.8) is 0 Å². The molecule has 9 nitrogen and oxygen atoms in total. The summed E-state index contributed by atoms with van der Waals surface area (Å²) >= 11 is 3.42. The van der Waals surface area contributed by atoms with E-state index in [1.54, 1.807) is 24.3 Å². The highest BCUT2D eigenvalue weighted by atomic mass is 79.9. The van der Waals surface area contributed by atoms with Crippen molar-refractivity contribution in [2.75, 3.05) is 5.32 Å². The zero-order valence-electron chi connectivity index (χ0n) is 17.4. The van der Waals surface area contributed by atoms with Crippen molar-refractivity contribution in [1.29, 1.82) is 0 Å². The van der Waals surface area contributed by atoms with Gasteiger partial charge in [0.05, 0.1) is 17.5 Å². The minimum atomic E-state index is -1.03. The fraction of sp³-hybridized carbons (Fsp3) is 0.273. The first-order valence-corrected chi connectivity index (χ1v) is 10.9.